The van der Waals surface area contributed by atoms with E-state index >= 15 is 0 Å². The number of rotatable bonds is 5. The van der Waals surface area contributed by atoms with Crippen molar-refractivity contribution in [2.75, 3.05) is 7.11 Å². The van der Waals surface area contributed by atoms with Gasteiger partial charge in [-0.05, 0) is 6.07 Å². The summed E-state index contributed by atoms with van der Waals surface area (Å²) in [4.78, 5) is 14.4. The lowest BCUT2D eigenvalue weighted by atomic mass is 10.1. The molecule has 0 atom stereocenters. The van der Waals surface area contributed by atoms with Gasteiger partial charge in [0.05, 0.1) is 30.8 Å². The van der Waals surface area contributed by atoms with Gasteiger partial charge < -0.3 is 9.84 Å². The van der Waals surface area contributed by atoms with Gasteiger partial charge in [-0.25, -0.2) is 8.78 Å². The lowest BCUT2D eigenvalue weighted by molar-refractivity contribution is -0.136. The van der Waals surface area contributed by atoms with Crippen molar-refractivity contribution in [2.45, 2.75) is 18.7 Å². The number of aromatic nitrogens is 1. The van der Waals surface area contributed by atoms with Crippen LogP contribution in [-0.4, -0.2) is 23.2 Å². The maximum absolute atomic E-state index is 12.7. The Morgan fingerprint density at radius 1 is 1.59 bits per heavy atom. The van der Waals surface area contributed by atoms with Crippen molar-refractivity contribution >= 4 is 17.6 Å². The van der Waals surface area contributed by atoms with Gasteiger partial charge in [0.25, 0.3) is 6.43 Å². The van der Waals surface area contributed by atoms with Crippen LogP contribution in [0.2, 0.25) is 0 Å². The number of hydrogen-bond acceptors (Lipinski definition) is 3. The first-order valence-corrected chi connectivity index (χ1v) is 5.15. The normalized spacial score (nSPS) is 10.6. The molecule has 1 N–H and O–H groups in total. The number of carbonyl (C=O) groups is 1. The molecule has 0 fully saturated rings. The topological polar surface area (TPSA) is 59.4 Å². The van der Waals surface area contributed by atoms with E-state index in [1.807, 2.05) is 0 Å². The van der Waals surface area contributed by atoms with Crippen molar-refractivity contribution in [3.8, 4) is 5.75 Å². The summed E-state index contributed by atoms with van der Waals surface area (Å²) in [5.74, 6) is -1.14. The number of carboxylic acids is 1. The molecule has 0 aliphatic rings. The van der Waals surface area contributed by atoms with E-state index in [1.165, 1.54) is 7.11 Å². The largest absolute Gasteiger partial charge is 0.495 e. The van der Waals surface area contributed by atoms with Gasteiger partial charge in [0.2, 0.25) is 0 Å². The number of pyridine rings is 1. The van der Waals surface area contributed by atoms with Crippen LogP contribution in [-0.2, 0) is 17.1 Å². The van der Waals surface area contributed by atoms with Crippen LogP contribution in [0.15, 0.2) is 6.07 Å². The smallest absolute Gasteiger partial charge is 0.309 e. The van der Waals surface area contributed by atoms with Crippen LogP contribution < -0.4 is 4.74 Å². The highest BCUT2D eigenvalue weighted by atomic mass is 35.5. The van der Waals surface area contributed by atoms with Crippen molar-refractivity contribution in [3.05, 3.63) is 23.0 Å². The molecule has 0 aliphatic heterocycles. The van der Waals surface area contributed by atoms with Gasteiger partial charge in [-0.15, -0.1) is 11.6 Å². The Hall–Kier alpha value is -1.43. The minimum Gasteiger partial charge on any atom is -0.495 e. The van der Waals surface area contributed by atoms with E-state index in [2.05, 4.69) is 4.98 Å². The number of ether oxygens (including phenoxy) is 1. The van der Waals surface area contributed by atoms with Gasteiger partial charge in [0.15, 0.2) is 0 Å². The molecule has 17 heavy (non-hydrogen) atoms. The predicted molar refractivity (Wildman–Crippen MR) is 56.6 cm³/mol. The molecule has 4 nitrogen and oxygen atoms in total. The highest BCUT2D eigenvalue weighted by Gasteiger charge is 2.20. The molecule has 1 aromatic heterocycles. The summed E-state index contributed by atoms with van der Waals surface area (Å²) in [5.41, 5.74) is -0.392. The first-order valence-electron chi connectivity index (χ1n) is 4.62. The zero-order chi connectivity index (χ0) is 13.0. The zero-order valence-corrected chi connectivity index (χ0v) is 9.67. The van der Waals surface area contributed by atoms with Gasteiger partial charge in [-0.1, -0.05) is 0 Å². The second kappa shape index (κ2) is 5.77. The molecular formula is C10H10ClF2NO3. The maximum Gasteiger partial charge on any atom is 0.309 e. The zero-order valence-electron chi connectivity index (χ0n) is 8.91. The molecule has 0 amide bonds. The minimum absolute atomic E-state index is 0.0424. The molecule has 0 spiro atoms. The minimum atomic E-state index is -2.81. The first-order chi connectivity index (χ1) is 7.99. The van der Waals surface area contributed by atoms with Crippen molar-refractivity contribution in [1.29, 1.82) is 0 Å². The van der Waals surface area contributed by atoms with E-state index in [0.717, 1.165) is 6.07 Å². The van der Waals surface area contributed by atoms with E-state index in [4.69, 9.17) is 21.4 Å². The van der Waals surface area contributed by atoms with E-state index in [-0.39, 0.29) is 23.0 Å². The molecule has 0 aliphatic carbocycles. The molecular weight excluding hydrogens is 256 g/mol. The predicted octanol–water partition coefficient (Wildman–Crippen LogP) is 2.39. The van der Waals surface area contributed by atoms with Gasteiger partial charge in [0, 0.05) is 5.56 Å². The average molecular weight is 266 g/mol. The molecule has 1 heterocycles. The van der Waals surface area contributed by atoms with Gasteiger partial charge >= 0.3 is 5.97 Å². The Kier molecular flexibility index (Phi) is 4.62. The SMILES string of the molecule is COc1cc(C(F)F)c(CC(=O)O)nc1CCl. The van der Waals surface area contributed by atoms with E-state index in [1.54, 1.807) is 0 Å². The summed E-state index contributed by atoms with van der Waals surface area (Å²) < 4.78 is 30.3. The molecule has 7 heteroatoms. The van der Waals surface area contributed by atoms with Crippen molar-refractivity contribution in [2.24, 2.45) is 0 Å². The number of methoxy groups -OCH3 is 1. The lowest BCUT2D eigenvalue weighted by Crippen LogP contribution is -2.09. The standard InChI is InChI=1S/C10H10ClF2NO3/c1-17-8-2-5(10(12)13)6(3-9(15)16)14-7(8)4-11/h2,10H,3-4H2,1H3,(H,15,16). The fourth-order valence-electron chi connectivity index (χ4n) is 1.34. The molecule has 0 saturated carbocycles. The van der Waals surface area contributed by atoms with Crippen molar-refractivity contribution < 1.29 is 23.4 Å². The van der Waals surface area contributed by atoms with Crippen LogP contribution >= 0.6 is 11.6 Å². The van der Waals surface area contributed by atoms with Crippen LogP contribution in [0.3, 0.4) is 0 Å². The van der Waals surface area contributed by atoms with Crippen LogP contribution in [0.4, 0.5) is 8.78 Å². The van der Waals surface area contributed by atoms with E-state index in [0.29, 0.717) is 0 Å². The first kappa shape index (κ1) is 13.6. The lowest BCUT2D eigenvalue weighted by Gasteiger charge is -2.12. The second-order valence-electron chi connectivity index (χ2n) is 3.18. The molecule has 1 rings (SSSR count). The Morgan fingerprint density at radius 3 is 2.65 bits per heavy atom. The quantitative estimate of drug-likeness (QED) is 0.831. The van der Waals surface area contributed by atoms with Crippen molar-refractivity contribution in [1.82, 2.24) is 4.98 Å². The Bertz CT molecular complexity index is 426. The van der Waals surface area contributed by atoms with Crippen LogP contribution in [0, 0.1) is 0 Å². The van der Waals surface area contributed by atoms with Gasteiger partial charge in [-0.2, -0.15) is 0 Å². The maximum atomic E-state index is 12.7. The third kappa shape index (κ3) is 3.26. The molecule has 0 saturated heterocycles. The van der Waals surface area contributed by atoms with Crippen molar-refractivity contribution in [3.63, 3.8) is 0 Å². The molecule has 0 unspecified atom stereocenters. The van der Waals surface area contributed by atoms with Crippen LogP contribution in [0.25, 0.3) is 0 Å². The summed E-state index contributed by atoms with van der Waals surface area (Å²) in [6.07, 6.45) is -3.39. The summed E-state index contributed by atoms with van der Waals surface area (Å²) in [6.45, 7) is 0. The highest BCUT2D eigenvalue weighted by molar-refractivity contribution is 6.17. The van der Waals surface area contributed by atoms with Gasteiger partial charge in [-0.3, -0.25) is 9.78 Å². The van der Waals surface area contributed by atoms with E-state index in [9.17, 15) is 13.6 Å². The Morgan fingerprint density at radius 2 is 2.24 bits per heavy atom. The fraction of sp³-hybridized carbons (Fsp3) is 0.400. The average Bonchev–Trinajstić information content (AvgIpc) is 2.27. The number of aliphatic carboxylic acids is 1. The monoisotopic (exact) mass is 265 g/mol. The van der Waals surface area contributed by atoms with E-state index < -0.39 is 24.4 Å². The molecule has 1 aromatic rings. The number of halogens is 3. The molecule has 0 radical (unpaired) electrons. The third-order valence-corrected chi connectivity index (χ3v) is 2.33. The molecule has 0 bridgehead atoms. The number of alkyl halides is 3. The van der Waals surface area contributed by atoms with Gasteiger partial charge in [0.1, 0.15) is 5.75 Å². The molecule has 94 valence electrons. The summed E-state index contributed by atoms with van der Waals surface area (Å²) in [7, 11) is 1.30. The number of nitrogens with zero attached hydrogens (tertiary/aromatic N) is 1. The third-order valence-electron chi connectivity index (χ3n) is 2.07. The summed E-state index contributed by atoms with van der Waals surface area (Å²) in [6, 6.07) is 1.08. The Labute approximate surface area is 101 Å². The second-order valence-corrected chi connectivity index (χ2v) is 3.45. The fourth-order valence-corrected chi connectivity index (χ4v) is 1.53. The Balaban J connectivity index is 3.29. The molecule has 0 aromatic carbocycles. The van der Waals surface area contributed by atoms with Crippen LogP contribution in [0.5, 0.6) is 5.75 Å². The highest BCUT2D eigenvalue weighted by Crippen LogP contribution is 2.29. The summed E-state index contributed by atoms with van der Waals surface area (Å²) >= 11 is 5.57. The number of carboxylic acid groups (broad SMARTS) is 1. The number of hydrogen-bond donors (Lipinski definition) is 1. The summed E-state index contributed by atoms with van der Waals surface area (Å²) in [5, 5.41) is 8.61. The van der Waals surface area contributed by atoms with Crippen LogP contribution in [0.1, 0.15) is 23.4 Å².